The van der Waals surface area contributed by atoms with Gasteiger partial charge in [0.2, 0.25) is 0 Å². The lowest BCUT2D eigenvalue weighted by Gasteiger charge is -2.24. The van der Waals surface area contributed by atoms with Crippen LogP contribution in [-0.4, -0.2) is 24.4 Å². The summed E-state index contributed by atoms with van der Waals surface area (Å²) in [6.07, 6.45) is -0.588. The minimum Gasteiger partial charge on any atom is -0.423 e. The first-order valence-corrected chi connectivity index (χ1v) is 4.89. The molecule has 88 valence electrons. The van der Waals surface area contributed by atoms with Gasteiger partial charge in [0.15, 0.2) is 0 Å². The van der Waals surface area contributed by atoms with Crippen LogP contribution < -0.4 is 5.32 Å². The third-order valence-electron chi connectivity index (χ3n) is 1.38. The lowest BCUT2D eigenvalue weighted by Crippen LogP contribution is -2.38. The van der Waals surface area contributed by atoms with E-state index in [-0.39, 0.29) is 0 Å². The minimum atomic E-state index is -1.23. The van der Waals surface area contributed by atoms with Crippen molar-refractivity contribution in [3.8, 4) is 0 Å². The maximum Gasteiger partial charge on any atom is 0.410 e. The van der Waals surface area contributed by atoms with E-state index in [2.05, 4.69) is 5.32 Å². The molecule has 0 aromatic rings. The summed E-state index contributed by atoms with van der Waals surface area (Å²) in [5.74, 6) is -1.38. The van der Waals surface area contributed by atoms with E-state index in [1.165, 1.54) is 20.8 Å². The summed E-state index contributed by atoms with van der Waals surface area (Å²) in [4.78, 5) is 21.9. The normalized spacial score (nSPS) is 11.1. The van der Waals surface area contributed by atoms with Crippen LogP contribution in [0, 0.1) is 5.92 Å². The second-order valence-corrected chi connectivity index (χ2v) is 4.16. The van der Waals surface area contributed by atoms with Crippen LogP contribution in [0.2, 0.25) is 0 Å². The first-order chi connectivity index (χ1) is 6.73. The van der Waals surface area contributed by atoms with E-state index in [1.54, 1.807) is 0 Å². The fourth-order valence-corrected chi connectivity index (χ4v) is 0.914. The summed E-state index contributed by atoms with van der Waals surface area (Å²) in [7, 11) is 0. The molecule has 0 radical (unpaired) electrons. The maximum atomic E-state index is 11.2. The third-order valence-corrected chi connectivity index (χ3v) is 1.38. The average molecular weight is 217 g/mol. The van der Waals surface area contributed by atoms with Gasteiger partial charge in [0, 0.05) is 27.3 Å². The highest BCUT2D eigenvalue weighted by Crippen LogP contribution is 2.11. The predicted molar refractivity (Wildman–Crippen MR) is 55.2 cm³/mol. The third kappa shape index (κ3) is 7.78. The van der Waals surface area contributed by atoms with E-state index in [0.29, 0.717) is 12.5 Å². The van der Waals surface area contributed by atoms with Crippen LogP contribution >= 0.6 is 0 Å². The Balaban J connectivity index is 3.98. The van der Waals surface area contributed by atoms with Crippen LogP contribution in [0.4, 0.5) is 4.79 Å². The highest BCUT2D eigenvalue weighted by Gasteiger charge is 2.25. The Morgan fingerprint density at radius 3 is 2.20 bits per heavy atom. The van der Waals surface area contributed by atoms with Crippen molar-refractivity contribution in [1.82, 2.24) is 5.32 Å². The molecule has 0 aliphatic rings. The Morgan fingerprint density at radius 1 is 1.27 bits per heavy atom. The molecule has 0 atom stereocenters. The molecule has 0 saturated heterocycles. The first kappa shape index (κ1) is 13.7. The van der Waals surface area contributed by atoms with Gasteiger partial charge in [-0.1, -0.05) is 13.8 Å². The van der Waals surface area contributed by atoms with Crippen molar-refractivity contribution in [2.24, 2.45) is 5.92 Å². The van der Waals surface area contributed by atoms with E-state index in [0.717, 1.165) is 0 Å². The number of alkyl carbamates (subject to hydrolysis) is 1. The predicted octanol–water partition coefficient (Wildman–Crippen LogP) is 1.67. The molecule has 0 saturated carbocycles. The van der Waals surface area contributed by atoms with Crippen LogP contribution in [0.25, 0.3) is 0 Å². The molecule has 5 heteroatoms. The molecule has 0 heterocycles. The van der Waals surface area contributed by atoms with Crippen LogP contribution in [0.15, 0.2) is 0 Å². The van der Waals surface area contributed by atoms with Crippen molar-refractivity contribution < 1.29 is 19.1 Å². The second kappa shape index (κ2) is 5.58. The summed E-state index contributed by atoms with van der Waals surface area (Å²) in [5.41, 5.74) is 0. The van der Waals surface area contributed by atoms with E-state index in [9.17, 15) is 9.59 Å². The molecule has 5 nitrogen and oxygen atoms in total. The van der Waals surface area contributed by atoms with Crippen molar-refractivity contribution in [2.45, 2.75) is 40.4 Å². The molecule has 0 aromatic carbocycles. The zero-order chi connectivity index (χ0) is 12.1. The zero-order valence-corrected chi connectivity index (χ0v) is 9.92. The molecule has 0 unspecified atom stereocenters. The number of carbonyl (C=O) groups is 2. The molecule has 1 amide bonds. The van der Waals surface area contributed by atoms with E-state index in [4.69, 9.17) is 9.47 Å². The summed E-state index contributed by atoms with van der Waals surface area (Å²) in [6, 6.07) is 0. The lowest BCUT2D eigenvalue weighted by molar-refractivity contribution is -0.192. The lowest BCUT2D eigenvalue weighted by atomic mass is 10.2. The Hall–Kier alpha value is -1.26. The molecule has 0 aliphatic carbocycles. The van der Waals surface area contributed by atoms with Gasteiger partial charge in [-0.25, -0.2) is 4.79 Å². The quantitative estimate of drug-likeness (QED) is 0.574. The highest BCUT2D eigenvalue weighted by atomic mass is 16.7. The molecule has 0 aromatic heterocycles. The largest absolute Gasteiger partial charge is 0.423 e. The highest BCUT2D eigenvalue weighted by molar-refractivity contribution is 5.69. The van der Waals surface area contributed by atoms with Gasteiger partial charge in [0.1, 0.15) is 0 Å². The monoisotopic (exact) mass is 217 g/mol. The van der Waals surface area contributed by atoms with Gasteiger partial charge >= 0.3 is 12.1 Å². The number of esters is 1. The Kier molecular flexibility index (Phi) is 5.11. The average Bonchev–Trinajstić information content (AvgIpc) is 1.96. The first-order valence-electron chi connectivity index (χ1n) is 4.89. The van der Waals surface area contributed by atoms with E-state index >= 15 is 0 Å². The topological polar surface area (TPSA) is 64.6 Å². The fraction of sp³-hybridized carbons (Fsp3) is 0.800. The zero-order valence-electron chi connectivity index (χ0n) is 9.92. The fourth-order valence-electron chi connectivity index (χ4n) is 0.914. The van der Waals surface area contributed by atoms with E-state index in [1.807, 2.05) is 13.8 Å². The Bertz CT molecular complexity index is 236. The second-order valence-electron chi connectivity index (χ2n) is 4.16. The van der Waals surface area contributed by atoms with Gasteiger partial charge in [0.25, 0.3) is 5.79 Å². The van der Waals surface area contributed by atoms with Crippen molar-refractivity contribution >= 4 is 12.1 Å². The number of carbonyl (C=O) groups excluding carboxylic acids is 2. The number of rotatable bonds is 4. The molecule has 15 heavy (non-hydrogen) atoms. The molecule has 1 N–H and O–H groups in total. The number of ether oxygens (including phenoxy) is 2. The van der Waals surface area contributed by atoms with Gasteiger partial charge < -0.3 is 14.8 Å². The summed E-state index contributed by atoms with van der Waals surface area (Å²) >= 11 is 0. The molecular formula is C10H19NO4. The SMILES string of the molecule is CC(=O)OC(C)(C)OC(=O)NCC(C)C. The number of amides is 1. The van der Waals surface area contributed by atoms with Gasteiger partial charge in [-0.3, -0.25) is 4.79 Å². The van der Waals surface area contributed by atoms with Gasteiger partial charge in [-0.2, -0.15) is 0 Å². The van der Waals surface area contributed by atoms with Crippen LogP contribution in [0.5, 0.6) is 0 Å². The molecular weight excluding hydrogens is 198 g/mol. The molecule has 0 spiro atoms. The summed E-state index contributed by atoms with van der Waals surface area (Å²) in [5, 5.41) is 2.56. The summed E-state index contributed by atoms with van der Waals surface area (Å²) < 4.78 is 9.70. The van der Waals surface area contributed by atoms with Gasteiger partial charge in [-0.15, -0.1) is 0 Å². The van der Waals surface area contributed by atoms with Gasteiger partial charge in [0.05, 0.1) is 0 Å². The van der Waals surface area contributed by atoms with E-state index < -0.39 is 17.8 Å². The molecule has 0 rings (SSSR count). The van der Waals surface area contributed by atoms with Crippen LogP contribution in [0.3, 0.4) is 0 Å². The number of hydrogen-bond donors (Lipinski definition) is 1. The number of hydrogen-bond acceptors (Lipinski definition) is 4. The Labute approximate surface area is 90.1 Å². The maximum absolute atomic E-state index is 11.2. The van der Waals surface area contributed by atoms with Crippen LogP contribution in [0.1, 0.15) is 34.6 Å². The van der Waals surface area contributed by atoms with Gasteiger partial charge in [-0.05, 0) is 5.92 Å². The standard InChI is InChI=1S/C10H19NO4/c1-7(2)6-11-9(13)15-10(4,5)14-8(3)12/h7H,6H2,1-5H3,(H,11,13). The van der Waals surface area contributed by atoms with Crippen molar-refractivity contribution in [3.63, 3.8) is 0 Å². The Morgan fingerprint density at radius 2 is 1.80 bits per heavy atom. The molecule has 0 aliphatic heterocycles. The van der Waals surface area contributed by atoms with Crippen molar-refractivity contribution in [2.75, 3.05) is 6.54 Å². The van der Waals surface area contributed by atoms with Crippen molar-refractivity contribution in [1.29, 1.82) is 0 Å². The van der Waals surface area contributed by atoms with Crippen molar-refractivity contribution in [3.05, 3.63) is 0 Å². The summed E-state index contributed by atoms with van der Waals surface area (Å²) in [6.45, 7) is 8.73. The van der Waals surface area contributed by atoms with Crippen LogP contribution in [-0.2, 0) is 14.3 Å². The molecule has 0 bridgehead atoms. The number of nitrogens with one attached hydrogen (secondary N) is 1. The smallest absolute Gasteiger partial charge is 0.410 e. The minimum absolute atomic E-state index is 0.342. The molecule has 0 fully saturated rings.